The van der Waals surface area contributed by atoms with Gasteiger partial charge in [-0.1, -0.05) is 0 Å². The van der Waals surface area contributed by atoms with Gasteiger partial charge in [-0.2, -0.15) is 0 Å². The number of nitrogens with one attached hydrogen (secondary N) is 1. The summed E-state index contributed by atoms with van der Waals surface area (Å²) in [6.45, 7) is 0. The molecule has 1 aliphatic carbocycles. The fourth-order valence-electron chi connectivity index (χ4n) is 3.62. The molecule has 4 nitrogen and oxygen atoms in total. The van der Waals surface area contributed by atoms with E-state index in [9.17, 15) is 18.3 Å². The van der Waals surface area contributed by atoms with Crippen LogP contribution in [0.4, 0.5) is 24.7 Å². The van der Waals surface area contributed by atoms with E-state index in [0.717, 1.165) is 45.8 Å². The number of aromatic nitrogens is 2. The summed E-state index contributed by atoms with van der Waals surface area (Å²) in [4.78, 5) is 8.48. The molecule has 0 aliphatic heterocycles. The van der Waals surface area contributed by atoms with E-state index in [4.69, 9.17) is 11.6 Å². The van der Waals surface area contributed by atoms with Gasteiger partial charge in [-0.15, -0.1) is 0 Å². The second kappa shape index (κ2) is 8.21. The number of hydrogen-bond acceptors (Lipinski definition) is 4. The molecular formula is C21H18AsClF3N3O. The van der Waals surface area contributed by atoms with Crippen LogP contribution >= 0.6 is 11.6 Å². The number of aliphatic hydroxyl groups is 1. The molecule has 156 valence electrons. The van der Waals surface area contributed by atoms with Crippen molar-refractivity contribution in [1.82, 2.24) is 9.97 Å². The fraction of sp³-hybridized carbons (Fsp3) is 0.238. The second-order valence-electron chi connectivity index (χ2n) is 7.16. The minimum absolute atomic E-state index is 0.422. The summed E-state index contributed by atoms with van der Waals surface area (Å²) in [6.07, 6.45) is -1.56. The Morgan fingerprint density at radius 2 is 1.90 bits per heavy atom. The van der Waals surface area contributed by atoms with Gasteiger partial charge in [-0.3, -0.25) is 0 Å². The molecule has 3 aromatic rings. The third kappa shape index (κ3) is 4.34. The normalized spacial score (nSPS) is 16.3. The minimum atomic E-state index is -4.38. The van der Waals surface area contributed by atoms with E-state index >= 15 is 0 Å². The van der Waals surface area contributed by atoms with Gasteiger partial charge in [-0.25, -0.2) is 0 Å². The third-order valence-electron chi connectivity index (χ3n) is 5.13. The monoisotopic (exact) mass is 495 g/mol. The molecule has 0 amide bonds. The zero-order valence-electron chi connectivity index (χ0n) is 15.7. The van der Waals surface area contributed by atoms with Gasteiger partial charge < -0.3 is 0 Å². The number of aliphatic hydroxyl groups excluding tert-OH is 1. The standard InChI is InChI=1S/C21H18AsClF3N3O/c22-16-7-11(21(24,25)26)1-3-14(16)19-9-20(28-10-27-19)29-18-6-5-17(23)13-4-2-12(30)8-15(13)18/h1,3,5-7,9-10,12,30H,2,4,8,22H2,(H,27,28,29). The molecule has 2 aromatic carbocycles. The average molecular weight is 496 g/mol. The van der Waals surface area contributed by atoms with Crippen LogP contribution in [-0.2, 0) is 19.0 Å². The first kappa shape index (κ1) is 21.2. The molecule has 2 N–H and O–H groups in total. The predicted octanol–water partition coefficient (Wildman–Crippen LogP) is 3.67. The molecule has 1 aromatic heterocycles. The van der Waals surface area contributed by atoms with Crippen LogP contribution in [0.15, 0.2) is 42.7 Å². The van der Waals surface area contributed by atoms with E-state index < -0.39 is 17.8 Å². The van der Waals surface area contributed by atoms with Crippen LogP contribution in [0.5, 0.6) is 0 Å². The van der Waals surface area contributed by atoms with Crippen LogP contribution in [0, 0.1) is 0 Å². The molecule has 2 unspecified atom stereocenters. The van der Waals surface area contributed by atoms with Gasteiger partial charge in [0.1, 0.15) is 0 Å². The Labute approximate surface area is 185 Å². The van der Waals surface area contributed by atoms with E-state index in [1.165, 1.54) is 12.4 Å². The van der Waals surface area contributed by atoms with Crippen LogP contribution in [0.2, 0.25) is 5.02 Å². The zero-order chi connectivity index (χ0) is 21.5. The van der Waals surface area contributed by atoms with Crippen molar-refractivity contribution in [3.63, 3.8) is 0 Å². The first-order chi connectivity index (χ1) is 14.2. The number of halogens is 4. The van der Waals surface area contributed by atoms with Gasteiger partial charge in [0.05, 0.1) is 0 Å². The number of alkyl halides is 3. The van der Waals surface area contributed by atoms with Gasteiger partial charge in [0.25, 0.3) is 0 Å². The van der Waals surface area contributed by atoms with Crippen molar-refractivity contribution < 1.29 is 18.3 Å². The molecule has 9 heteroatoms. The van der Waals surface area contributed by atoms with Gasteiger partial charge in [0.2, 0.25) is 0 Å². The third-order valence-corrected chi connectivity index (χ3v) is 6.48. The number of fused-ring (bicyclic) bond motifs is 1. The van der Waals surface area contributed by atoms with Gasteiger partial charge in [-0.05, 0) is 0 Å². The van der Waals surface area contributed by atoms with Crippen molar-refractivity contribution in [2.24, 2.45) is 0 Å². The van der Waals surface area contributed by atoms with Crippen LogP contribution in [0.25, 0.3) is 11.3 Å². The summed E-state index contributed by atoms with van der Waals surface area (Å²) >= 11 is 7.41. The molecule has 2 atom stereocenters. The van der Waals surface area contributed by atoms with E-state index in [2.05, 4.69) is 15.3 Å². The molecule has 0 saturated heterocycles. The van der Waals surface area contributed by atoms with Crippen molar-refractivity contribution >= 4 is 44.3 Å². The van der Waals surface area contributed by atoms with E-state index in [0.29, 0.717) is 45.7 Å². The Hall–Kier alpha value is -2.08. The Kier molecular flexibility index (Phi) is 5.79. The maximum absolute atomic E-state index is 12.9. The molecule has 0 fully saturated rings. The van der Waals surface area contributed by atoms with Crippen molar-refractivity contribution in [3.05, 3.63) is 64.4 Å². The van der Waals surface area contributed by atoms with Crippen molar-refractivity contribution in [1.29, 1.82) is 0 Å². The molecular weight excluding hydrogens is 478 g/mol. The van der Waals surface area contributed by atoms with E-state index in [1.807, 2.05) is 12.1 Å². The van der Waals surface area contributed by atoms with Crippen LogP contribution in [0.1, 0.15) is 23.1 Å². The van der Waals surface area contributed by atoms with Crippen LogP contribution < -0.4 is 9.67 Å². The number of nitrogens with zero attached hydrogens (tertiary/aromatic N) is 2. The summed E-state index contributed by atoms with van der Waals surface area (Å²) < 4.78 is 39.4. The van der Waals surface area contributed by atoms with Gasteiger partial charge in [0.15, 0.2) is 0 Å². The van der Waals surface area contributed by atoms with Crippen molar-refractivity contribution in [3.8, 4) is 11.3 Å². The quantitative estimate of drug-likeness (QED) is 0.545. The molecule has 4 rings (SSSR count). The van der Waals surface area contributed by atoms with Gasteiger partial charge in [0, 0.05) is 0 Å². The van der Waals surface area contributed by atoms with Crippen molar-refractivity contribution in [2.45, 2.75) is 31.5 Å². The number of hydrogen-bond donors (Lipinski definition) is 2. The van der Waals surface area contributed by atoms with Gasteiger partial charge >= 0.3 is 185 Å². The summed E-state index contributed by atoms with van der Waals surface area (Å²) in [5, 5.41) is 14.0. The Bertz CT molecular complexity index is 1110. The first-order valence-corrected chi connectivity index (χ1v) is 10.9. The van der Waals surface area contributed by atoms with Crippen LogP contribution in [0.3, 0.4) is 0 Å². The van der Waals surface area contributed by atoms with E-state index in [1.54, 1.807) is 6.07 Å². The molecule has 0 spiro atoms. The summed E-state index contributed by atoms with van der Waals surface area (Å²) in [5.74, 6) is 0.511. The molecule has 1 aliphatic rings. The summed E-state index contributed by atoms with van der Waals surface area (Å²) in [6, 6.07) is 8.99. The van der Waals surface area contributed by atoms with Crippen molar-refractivity contribution in [2.75, 3.05) is 5.32 Å². The Balaban J connectivity index is 1.66. The number of benzene rings is 2. The zero-order valence-corrected chi connectivity index (χ0v) is 18.8. The summed E-state index contributed by atoms with van der Waals surface area (Å²) in [7, 11) is 0. The Morgan fingerprint density at radius 3 is 2.63 bits per heavy atom. The summed E-state index contributed by atoms with van der Waals surface area (Å²) in [5.41, 5.74) is 3.25. The molecule has 30 heavy (non-hydrogen) atoms. The number of anilines is 2. The molecule has 1 heterocycles. The number of rotatable bonds is 3. The predicted molar refractivity (Wildman–Crippen MR) is 113 cm³/mol. The maximum atomic E-state index is 12.9. The first-order valence-electron chi connectivity index (χ1n) is 9.27. The average Bonchev–Trinajstić information content (AvgIpc) is 2.69. The van der Waals surface area contributed by atoms with Crippen LogP contribution in [-0.4, -0.2) is 38.0 Å². The molecule has 0 saturated carbocycles. The molecule has 0 bridgehead atoms. The second-order valence-corrected chi connectivity index (χ2v) is 8.87. The van der Waals surface area contributed by atoms with E-state index in [-0.39, 0.29) is 0 Å². The Morgan fingerprint density at radius 1 is 1.10 bits per heavy atom. The molecule has 0 radical (unpaired) electrons. The topological polar surface area (TPSA) is 58.0 Å². The fourth-order valence-corrected chi connectivity index (χ4v) is 4.78. The SMILES string of the molecule is OC1CCc2c(Cl)ccc(Nc3cc(-c4ccc(C(F)(F)F)cc4[AsH2])ncn3)c2C1.